The van der Waals surface area contributed by atoms with E-state index in [1.807, 2.05) is 60.4 Å². The Morgan fingerprint density at radius 2 is 1.73 bits per heavy atom. The number of nitrogens with zero attached hydrogens (tertiary/aromatic N) is 4. The lowest BCUT2D eigenvalue weighted by atomic mass is 10.0. The Morgan fingerprint density at radius 3 is 2.39 bits per heavy atom. The summed E-state index contributed by atoms with van der Waals surface area (Å²) in [6.45, 7) is 5.03. The van der Waals surface area contributed by atoms with E-state index >= 15 is 0 Å². The maximum Gasteiger partial charge on any atom is 0.416 e. The number of piperidine rings is 1. The minimum Gasteiger partial charge on any atom is -0.342 e. The number of amides is 2. The van der Waals surface area contributed by atoms with Crippen LogP contribution in [-0.4, -0.2) is 49.9 Å². The van der Waals surface area contributed by atoms with Gasteiger partial charge in [0, 0.05) is 49.7 Å². The Labute approximate surface area is 237 Å². The fraction of sp³-hybridized carbons (Fsp3) is 0.323. The van der Waals surface area contributed by atoms with Crippen molar-refractivity contribution in [2.75, 3.05) is 13.1 Å². The number of alkyl halides is 3. The second kappa shape index (κ2) is 12.6. The van der Waals surface area contributed by atoms with E-state index < -0.39 is 11.7 Å². The van der Waals surface area contributed by atoms with Gasteiger partial charge in [-0.1, -0.05) is 48.5 Å². The van der Waals surface area contributed by atoms with Crippen LogP contribution in [0.15, 0.2) is 79.0 Å². The Morgan fingerprint density at radius 1 is 1.02 bits per heavy atom. The van der Waals surface area contributed by atoms with Gasteiger partial charge in [-0.15, -0.1) is 0 Å². The molecule has 1 aliphatic heterocycles. The lowest BCUT2D eigenvalue weighted by Crippen LogP contribution is -2.50. The van der Waals surface area contributed by atoms with E-state index in [9.17, 15) is 18.0 Å². The molecular formula is C31H33F3N6O. The smallest absolute Gasteiger partial charge is 0.342 e. The van der Waals surface area contributed by atoms with Crippen LogP contribution in [0, 0.1) is 6.92 Å². The number of aryl methyl sites for hydroxylation is 1. The van der Waals surface area contributed by atoms with Crippen LogP contribution in [0.25, 0.3) is 11.4 Å². The zero-order valence-electron chi connectivity index (χ0n) is 22.9. The molecule has 2 aromatic heterocycles. The fourth-order valence-corrected chi connectivity index (χ4v) is 5.12. The molecule has 0 saturated carbocycles. The molecule has 5 rings (SSSR count). The van der Waals surface area contributed by atoms with Crippen molar-refractivity contribution in [3.05, 3.63) is 107 Å². The van der Waals surface area contributed by atoms with E-state index in [0.29, 0.717) is 31.0 Å². The molecule has 0 spiro atoms. The first-order valence-corrected chi connectivity index (χ1v) is 13.7. The lowest BCUT2D eigenvalue weighted by Gasteiger charge is -2.38. The van der Waals surface area contributed by atoms with Crippen molar-refractivity contribution in [1.82, 2.24) is 30.1 Å². The van der Waals surface area contributed by atoms with Crippen LogP contribution >= 0.6 is 0 Å². The number of benzene rings is 2. The van der Waals surface area contributed by atoms with Crippen molar-refractivity contribution in [1.29, 1.82) is 0 Å². The highest BCUT2D eigenvalue weighted by Gasteiger charge is 2.31. The number of hydrogen-bond donors (Lipinski definition) is 2. The summed E-state index contributed by atoms with van der Waals surface area (Å²) in [7, 11) is 0. The molecule has 0 bridgehead atoms. The molecule has 4 aromatic rings. The Hall–Kier alpha value is -4.18. The summed E-state index contributed by atoms with van der Waals surface area (Å²) in [5.74, 6) is 0.555. The number of pyridine rings is 1. The second-order valence-corrected chi connectivity index (χ2v) is 10.3. The quantitative estimate of drug-likeness (QED) is 0.269. The zero-order chi connectivity index (χ0) is 28.8. The van der Waals surface area contributed by atoms with E-state index in [4.69, 9.17) is 4.98 Å². The second-order valence-electron chi connectivity index (χ2n) is 10.3. The van der Waals surface area contributed by atoms with Gasteiger partial charge in [-0.2, -0.15) is 13.2 Å². The van der Waals surface area contributed by atoms with Crippen molar-refractivity contribution in [2.24, 2.45) is 0 Å². The minimum atomic E-state index is -4.37. The van der Waals surface area contributed by atoms with E-state index in [2.05, 4.69) is 20.2 Å². The lowest BCUT2D eigenvalue weighted by molar-refractivity contribution is -0.137. The number of carbonyl (C=O) groups excluding carboxylic acids is 1. The van der Waals surface area contributed by atoms with E-state index in [0.717, 1.165) is 60.7 Å². The van der Waals surface area contributed by atoms with Crippen molar-refractivity contribution in [3.8, 4) is 11.4 Å². The van der Waals surface area contributed by atoms with Crippen molar-refractivity contribution >= 4 is 6.03 Å². The molecule has 0 aliphatic carbocycles. The summed E-state index contributed by atoms with van der Waals surface area (Å²) in [5.41, 5.74) is 3.57. The number of imidazole rings is 1. The van der Waals surface area contributed by atoms with Crippen molar-refractivity contribution in [2.45, 2.75) is 51.6 Å². The third-order valence-electron chi connectivity index (χ3n) is 7.45. The summed E-state index contributed by atoms with van der Waals surface area (Å²) in [6.07, 6.45) is -1.02. The molecule has 41 heavy (non-hydrogen) atoms. The van der Waals surface area contributed by atoms with E-state index in [1.165, 1.54) is 12.1 Å². The number of hydrogen-bond acceptors (Lipinski definition) is 4. The van der Waals surface area contributed by atoms with Crippen LogP contribution in [0.3, 0.4) is 0 Å². The number of likely N-dealkylation sites (tertiary alicyclic amines) is 1. The number of halogens is 3. The number of nitrogens with one attached hydrogen (secondary N) is 2. The van der Waals surface area contributed by atoms with E-state index in [-0.39, 0.29) is 12.1 Å². The van der Waals surface area contributed by atoms with Crippen LogP contribution in [0.4, 0.5) is 18.0 Å². The molecule has 0 atom stereocenters. The largest absolute Gasteiger partial charge is 0.416 e. The maximum atomic E-state index is 13.3. The van der Waals surface area contributed by atoms with Gasteiger partial charge in [0.2, 0.25) is 0 Å². The molecule has 1 saturated heterocycles. The fourth-order valence-electron chi connectivity index (χ4n) is 5.12. The number of urea groups is 1. The SMILES string of the molecule is Cc1[nH]c(-c2ccc(C(F)(F)F)cc2)nc1CN1CCC(N(Cc2ccccc2)C(=O)NCc2ccccn2)CC1. The molecule has 0 unspecified atom stereocenters. The monoisotopic (exact) mass is 562 g/mol. The molecule has 2 aromatic carbocycles. The first kappa shape index (κ1) is 28.4. The number of aromatic nitrogens is 3. The Bertz CT molecular complexity index is 1420. The minimum absolute atomic E-state index is 0.0816. The standard InChI is InChI=1S/C31H33F3N6O/c1-22-28(38-29(37-22)24-10-12-25(13-11-24)31(32,33)34)21-39-17-14-27(15-18-39)40(20-23-7-3-2-4-8-23)30(41)36-19-26-9-5-6-16-35-26/h2-13,16,27H,14-15,17-21H2,1H3,(H,36,41)(H,37,38). The first-order chi connectivity index (χ1) is 19.8. The predicted octanol–water partition coefficient (Wildman–Crippen LogP) is 6.18. The number of aromatic amines is 1. The van der Waals surface area contributed by atoms with Crippen LogP contribution in [0.1, 0.15) is 41.1 Å². The normalized spacial score (nSPS) is 14.6. The van der Waals surface area contributed by atoms with Gasteiger partial charge in [-0.25, -0.2) is 9.78 Å². The van der Waals surface area contributed by atoms with Gasteiger partial charge in [0.05, 0.1) is 23.5 Å². The summed E-state index contributed by atoms with van der Waals surface area (Å²) < 4.78 is 38.8. The van der Waals surface area contributed by atoms with Crippen molar-refractivity contribution in [3.63, 3.8) is 0 Å². The highest BCUT2D eigenvalue weighted by molar-refractivity contribution is 5.74. The number of H-pyrrole nitrogens is 1. The van der Waals surface area contributed by atoms with Crippen LogP contribution in [0.2, 0.25) is 0 Å². The third-order valence-corrected chi connectivity index (χ3v) is 7.45. The average Bonchev–Trinajstić information content (AvgIpc) is 3.35. The van der Waals surface area contributed by atoms with Gasteiger partial charge < -0.3 is 15.2 Å². The highest BCUT2D eigenvalue weighted by Crippen LogP contribution is 2.31. The Balaban J connectivity index is 1.21. The highest BCUT2D eigenvalue weighted by atomic mass is 19.4. The summed E-state index contributed by atoms with van der Waals surface area (Å²) in [6, 6.07) is 20.6. The molecule has 2 amide bonds. The summed E-state index contributed by atoms with van der Waals surface area (Å²) in [4.78, 5) is 29.8. The molecule has 3 heterocycles. The summed E-state index contributed by atoms with van der Waals surface area (Å²) in [5, 5.41) is 3.04. The maximum absolute atomic E-state index is 13.3. The predicted molar refractivity (Wildman–Crippen MR) is 151 cm³/mol. The van der Waals surface area contributed by atoms with E-state index in [1.54, 1.807) is 6.20 Å². The summed E-state index contributed by atoms with van der Waals surface area (Å²) >= 11 is 0. The van der Waals surface area contributed by atoms with Gasteiger partial charge >= 0.3 is 12.2 Å². The van der Waals surface area contributed by atoms with Gasteiger partial charge in [-0.3, -0.25) is 9.88 Å². The molecule has 10 heteroatoms. The first-order valence-electron chi connectivity index (χ1n) is 13.7. The van der Waals surface area contributed by atoms with Crippen LogP contribution in [0.5, 0.6) is 0 Å². The zero-order valence-corrected chi connectivity index (χ0v) is 22.9. The molecule has 0 radical (unpaired) electrons. The van der Waals surface area contributed by atoms with Crippen molar-refractivity contribution < 1.29 is 18.0 Å². The molecule has 1 fully saturated rings. The molecule has 214 valence electrons. The molecular weight excluding hydrogens is 529 g/mol. The number of rotatable bonds is 8. The topological polar surface area (TPSA) is 77.2 Å². The van der Waals surface area contributed by atoms with Gasteiger partial charge in [0.25, 0.3) is 0 Å². The molecule has 1 aliphatic rings. The van der Waals surface area contributed by atoms with Crippen LogP contribution < -0.4 is 5.32 Å². The van der Waals surface area contributed by atoms with Gasteiger partial charge in [0.15, 0.2) is 0 Å². The Kier molecular flexibility index (Phi) is 8.68. The average molecular weight is 563 g/mol. The molecule has 2 N–H and O–H groups in total. The van der Waals surface area contributed by atoms with Gasteiger partial charge in [-0.05, 0) is 49.6 Å². The molecule has 7 nitrogen and oxygen atoms in total. The third kappa shape index (κ3) is 7.32. The van der Waals surface area contributed by atoms with Crippen LogP contribution in [-0.2, 0) is 25.8 Å². The van der Waals surface area contributed by atoms with Gasteiger partial charge in [0.1, 0.15) is 5.82 Å². The number of carbonyl (C=O) groups is 1.